The molecule has 0 unspecified atom stereocenters. The van der Waals surface area contributed by atoms with Crippen LogP contribution in [0.4, 0.5) is 11.4 Å². The normalized spacial score (nSPS) is 10.9. The number of nitrogens with two attached hydrogens (primary N) is 3. The Kier molecular flexibility index (Phi) is 3.23. The average Bonchev–Trinajstić information content (AvgIpc) is 2.75. The highest BCUT2D eigenvalue weighted by atomic mass is 32.1. The van der Waals surface area contributed by atoms with Gasteiger partial charge in [0.25, 0.3) is 0 Å². The molecule has 0 fully saturated rings. The van der Waals surface area contributed by atoms with Gasteiger partial charge in [0.05, 0.1) is 21.6 Å². The van der Waals surface area contributed by atoms with Crippen LogP contribution in [-0.4, -0.2) is 15.0 Å². The van der Waals surface area contributed by atoms with Crippen LogP contribution in [0.1, 0.15) is 10.7 Å². The van der Waals surface area contributed by atoms with Crippen molar-refractivity contribution < 1.29 is 0 Å². The zero-order valence-electron chi connectivity index (χ0n) is 11.3. The highest BCUT2D eigenvalue weighted by Gasteiger charge is 2.18. The number of fused-ring (bicyclic) bond motifs is 1. The molecule has 21 heavy (non-hydrogen) atoms. The zero-order chi connectivity index (χ0) is 15.1. The molecular formula is C14H13N5S2. The van der Waals surface area contributed by atoms with Gasteiger partial charge in [-0.2, -0.15) is 0 Å². The third-order valence-electron chi connectivity index (χ3n) is 3.08. The van der Waals surface area contributed by atoms with Crippen LogP contribution >= 0.6 is 23.6 Å². The van der Waals surface area contributed by atoms with Crippen LogP contribution in [-0.2, 0) is 0 Å². The molecule has 2 aromatic heterocycles. The predicted molar refractivity (Wildman–Crippen MR) is 92.3 cm³/mol. The summed E-state index contributed by atoms with van der Waals surface area (Å²) in [6.45, 7) is 1.84. The Morgan fingerprint density at radius 2 is 2.00 bits per heavy atom. The maximum Gasteiger partial charge on any atom is 0.130 e. The number of benzene rings is 1. The Balaban J connectivity index is 2.39. The number of aromatic nitrogens is 2. The van der Waals surface area contributed by atoms with Gasteiger partial charge in [-0.3, -0.25) is 0 Å². The Bertz CT molecular complexity index is 869. The summed E-state index contributed by atoms with van der Waals surface area (Å²) in [6, 6.07) is 7.50. The number of thiophene rings is 1. The molecule has 0 spiro atoms. The number of rotatable bonds is 2. The number of hydrogen-bond acceptors (Lipinski definition) is 6. The van der Waals surface area contributed by atoms with Crippen LogP contribution in [0.2, 0.25) is 0 Å². The third kappa shape index (κ3) is 2.30. The molecule has 0 saturated carbocycles. The first-order chi connectivity index (χ1) is 9.97. The molecule has 7 heteroatoms. The van der Waals surface area contributed by atoms with Gasteiger partial charge in [0.2, 0.25) is 0 Å². The Morgan fingerprint density at radius 3 is 2.67 bits per heavy atom. The van der Waals surface area contributed by atoms with Gasteiger partial charge < -0.3 is 17.2 Å². The van der Waals surface area contributed by atoms with E-state index in [1.54, 1.807) is 0 Å². The molecule has 0 saturated heterocycles. The van der Waals surface area contributed by atoms with Crippen LogP contribution in [0, 0.1) is 6.92 Å². The minimum absolute atomic E-state index is 0.270. The lowest BCUT2D eigenvalue weighted by Gasteiger charge is -2.06. The zero-order valence-corrected chi connectivity index (χ0v) is 12.9. The van der Waals surface area contributed by atoms with Crippen LogP contribution in [0.5, 0.6) is 0 Å². The first-order valence-corrected chi connectivity index (χ1v) is 7.42. The summed E-state index contributed by atoms with van der Waals surface area (Å²) in [6.07, 6.45) is 0. The van der Waals surface area contributed by atoms with Gasteiger partial charge in [-0.1, -0.05) is 24.4 Å². The van der Waals surface area contributed by atoms with Gasteiger partial charge in [-0.25, -0.2) is 9.97 Å². The molecule has 0 atom stereocenters. The summed E-state index contributed by atoms with van der Waals surface area (Å²) in [4.78, 5) is 10.7. The highest BCUT2D eigenvalue weighted by Crippen LogP contribution is 2.38. The van der Waals surface area contributed by atoms with Crippen molar-refractivity contribution in [2.75, 3.05) is 11.5 Å². The van der Waals surface area contributed by atoms with Crippen LogP contribution in [0.3, 0.4) is 0 Å². The summed E-state index contributed by atoms with van der Waals surface area (Å²) < 4.78 is 0. The molecule has 106 valence electrons. The van der Waals surface area contributed by atoms with Crippen molar-refractivity contribution >= 4 is 50.1 Å². The summed E-state index contributed by atoms with van der Waals surface area (Å²) in [5.41, 5.74) is 20.6. The summed E-state index contributed by atoms with van der Waals surface area (Å²) in [5.74, 6) is 0.663. The second-order valence-corrected chi connectivity index (χ2v) is 6.07. The van der Waals surface area contributed by atoms with E-state index in [1.807, 2.05) is 31.2 Å². The summed E-state index contributed by atoms with van der Waals surface area (Å²) in [7, 11) is 0. The molecule has 0 bridgehead atoms. The topological polar surface area (TPSA) is 104 Å². The second kappa shape index (κ2) is 4.94. The minimum atomic E-state index is 0.270. The van der Waals surface area contributed by atoms with E-state index in [0.29, 0.717) is 22.1 Å². The minimum Gasteiger partial charge on any atom is -0.399 e. The Hall–Kier alpha value is -2.25. The van der Waals surface area contributed by atoms with E-state index in [4.69, 9.17) is 29.4 Å². The van der Waals surface area contributed by atoms with Crippen LogP contribution in [0.15, 0.2) is 24.3 Å². The van der Waals surface area contributed by atoms with Gasteiger partial charge in [0.15, 0.2) is 0 Å². The van der Waals surface area contributed by atoms with Crippen molar-refractivity contribution in [2.24, 2.45) is 5.73 Å². The van der Waals surface area contributed by atoms with E-state index in [1.165, 1.54) is 11.3 Å². The lowest BCUT2D eigenvalue weighted by Crippen LogP contribution is -2.09. The smallest absolute Gasteiger partial charge is 0.130 e. The van der Waals surface area contributed by atoms with Crippen LogP contribution in [0.25, 0.3) is 21.5 Å². The fraction of sp³-hybridized carbons (Fsp3) is 0.0714. The molecule has 6 N–H and O–H groups in total. The molecule has 0 amide bonds. The van der Waals surface area contributed by atoms with E-state index in [9.17, 15) is 0 Å². The van der Waals surface area contributed by atoms with Gasteiger partial charge in [-0.05, 0) is 19.1 Å². The fourth-order valence-electron chi connectivity index (χ4n) is 2.21. The number of nitrogen functional groups attached to an aromatic ring is 2. The van der Waals surface area contributed by atoms with Crippen molar-refractivity contribution in [3.8, 4) is 11.3 Å². The first-order valence-electron chi connectivity index (χ1n) is 6.19. The van der Waals surface area contributed by atoms with Gasteiger partial charge in [0, 0.05) is 11.3 Å². The van der Waals surface area contributed by atoms with E-state index in [-0.39, 0.29) is 4.99 Å². The Labute approximate surface area is 130 Å². The Morgan fingerprint density at radius 1 is 1.24 bits per heavy atom. The number of aryl methyl sites for hydroxylation is 1. The molecule has 0 aliphatic heterocycles. The van der Waals surface area contributed by atoms with Gasteiger partial charge >= 0.3 is 0 Å². The highest BCUT2D eigenvalue weighted by molar-refractivity contribution is 7.81. The summed E-state index contributed by atoms with van der Waals surface area (Å²) >= 11 is 6.43. The molecule has 0 aliphatic rings. The number of hydrogen-bond donors (Lipinski definition) is 3. The standard InChI is InChI=1S/C14H13N5S2/c1-6-18-11(7-3-2-4-8(15)5-7)9-10(16)12(13(17)20)21-14(9)19-6/h2-5H,15-16H2,1H3,(H2,17,20). The van der Waals surface area contributed by atoms with Gasteiger partial charge in [0.1, 0.15) is 15.6 Å². The molecule has 5 nitrogen and oxygen atoms in total. The summed E-state index contributed by atoms with van der Waals surface area (Å²) in [5, 5.41) is 0.777. The van der Waals surface area contributed by atoms with Crippen molar-refractivity contribution in [1.82, 2.24) is 9.97 Å². The SMILES string of the molecule is Cc1nc(-c2cccc(N)c2)c2c(N)c(C(N)=S)sc2n1. The fourth-order valence-corrected chi connectivity index (χ4v) is 3.43. The molecule has 3 rings (SSSR count). The number of anilines is 2. The molecule has 0 radical (unpaired) electrons. The maximum absolute atomic E-state index is 6.20. The molecule has 1 aromatic carbocycles. The van der Waals surface area contributed by atoms with Crippen molar-refractivity contribution in [1.29, 1.82) is 0 Å². The maximum atomic E-state index is 6.20. The van der Waals surface area contributed by atoms with Crippen molar-refractivity contribution in [3.05, 3.63) is 35.0 Å². The third-order valence-corrected chi connectivity index (χ3v) is 4.55. The second-order valence-electron chi connectivity index (χ2n) is 4.63. The van der Waals surface area contributed by atoms with Gasteiger partial charge in [-0.15, -0.1) is 11.3 Å². The van der Waals surface area contributed by atoms with Crippen LogP contribution < -0.4 is 17.2 Å². The van der Waals surface area contributed by atoms with Crippen molar-refractivity contribution in [2.45, 2.75) is 6.92 Å². The van der Waals surface area contributed by atoms with E-state index in [0.717, 1.165) is 21.5 Å². The molecule has 3 aromatic rings. The van der Waals surface area contributed by atoms with E-state index >= 15 is 0 Å². The largest absolute Gasteiger partial charge is 0.399 e. The van der Waals surface area contributed by atoms with E-state index < -0.39 is 0 Å². The molecule has 2 heterocycles. The molecular weight excluding hydrogens is 302 g/mol. The molecule has 0 aliphatic carbocycles. The average molecular weight is 315 g/mol. The lowest BCUT2D eigenvalue weighted by molar-refractivity contribution is 1.10. The number of thiocarbonyl (C=S) groups is 1. The first kappa shape index (κ1) is 13.7. The quantitative estimate of drug-likeness (QED) is 0.496. The predicted octanol–water partition coefficient (Wildman–Crippen LogP) is 2.47. The van der Waals surface area contributed by atoms with E-state index in [2.05, 4.69) is 9.97 Å². The lowest BCUT2D eigenvalue weighted by atomic mass is 10.1. The monoisotopic (exact) mass is 315 g/mol. The number of nitrogens with zero attached hydrogens (tertiary/aromatic N) is 2. The van der Waals surface area contributed by atoms with Crippen molar-refractivity contribution in [3.63, 3.8) is 0 Å².